The Morgan fingerprint density at radius 2 is 2.00 bits per heavy atom. The highest BCUT2D eigenvalue weighted by Crippen LogP contribution is 2.37. The minimum Gasteiger partial charge on any atom is -0.497 e. The fraction of sp³-hybridized carbons (Fsp3) is 0.100. The van der Waals surface area contributed by atoms with Gasteiger partial charge in [-0.3, -0.25) is 0 Å². The van der Waals surface area contributed by atoms with E-state index in [0.717, 1.165) is 17.0 Å². The van der Waals surface area contributed by atoms with Crippen LogP contribution in [0, 0.1) is 0 Å². The summed E-state index contributed by atoms with van der Waals surface area (Å²) in [6, 6.07) is 15.8. The molecule has 7 nitrogen and oxygen atoms in total. The second kappa shape index (κ2) is 6.62. The van der Waals surface area contributed by atoms with E-state index in [0.29, 0.717) is 17.3 Å². The van der Waals surface area contributed by atoms with Crippen LogP contribution in [0.5, 0.6) is 5.75 Å². The van der Waals surface area contributed by atoms with Crippen LogP contribution in [0.3, 0.4) is 0 Å². The number of anilines is 1. The van der Waals surface area contributed by atoms with Crippen molar-refractivity contribution in [1.82, 2.24) is 0 Å². The number of nitrogens with zero attached hydrogens (tertiary/aromatic N) is 2. The van der Waals surface area contributed by atoms with E-state index in [2.05, 4.69) is 4.99 Å². The maximum absolute atomic E-state index is 11.4. The molecule has 7 heteroatoms. The standard InChI is InChI=1S/C20H17N3O4/c1-26-15-7-5-14(6-8-15)23-17(21)16-9-10-27-19(16)22-18(23)12-3-2-4-13(11-12)20(24)25/h2-11,17H,21H2,1H3,(H,24,25). The number of nitrogens with two attached hydrogens (primary N) is 1. The van der Waals surface area contributed by atoms with Gasteiger partial charge in [-0.05, 0) is 42.5 Å². The molecule has 3 aromatic rings. The van der Waals surface area contributed by atoms with Crippen molar-refractivity contribution in [3.05, 3.63) is 77.6 Å². The maximum Gasteiger partial charge on any atom is 0.335 e. The number of benzene rings is 2. The summed E-state index contributed by atoms with van der Waals surface area (Å²) in [5.41, 5.74) is 8.85. The number of carbonyl (C=O) groups is 1. The molecular formula is C20H17N3O4. The number of carboxylic acid groups (broad SMARTS) is 1. The van der Waals surface area contributed by atoms with Crippen LogP contribution in [0.2, 0.25) is 0 Å². The van der Waals surface area contributed by atoms with Crippen molar-refractivity contribution in [2.75, 3.05) is 12.0 Å². The van der Waals surface area contributed by atoms with Crippen molar-refractivity contribution in [1.29, 1.82) is 0 Å². The summed E-state index contributed by atoms with van der Waals surface area (Å²) in [7, 11) is 1.60. The van der Waals surface area contributed by atoms with Crippen LogP contribution in [0.4, 0.5) is 11.6 Å². The Balaban J connectivity index is 1.86. The monoisotopic (exact) mass is 363 g/mol. The molecule has 4 rings (SSSR count). The summed E-state index contributed by atoms with van der Waals surface area (Å²) in [6.45, 7) is 0. The Bertz CT molecular complexity index is 1020. The number of hydrogen-bond acceptors (Lipinski definition) is 6. The maximum atomic E-state index is 11.4. The van der Waals surface area contributed by atoms with E-state index in [1.54, 1.807) is 31.4 Å². The molecule has 0 aliphatic carbocycles. The van der Waals surface area contributed by atoms with E-state index in [1.807, 2.05) is 29.2 Å². The Kier molecular flexibility index (Phi) is 4.13. The first-order valence-electron chi connectivity index (χ1n) is 8.27. The van der Waals surface area contributed by atoms with E-state index in [1.165, 1.54) is 12.3 Å². The lowest BCUT2D eigenvalue weighted by molar-refractivity contribution is 0.0697. The zero-order chi connectivity index (χ0) is 19.0. The molecule has 0 radical (unpaired) electrons. The number of methoxy groups -OCH3 is 1. The number of ether oxygens (including phenoxy) is 1. The summed E-state index contributed by atoms with van der Waals surface area (Å²) in [6.07, 6.45) is 1.00. The van der Waals surface area contributed by atoms with Gasteiger partial charge in [0.1, 0.15) is 17.8 Å². The molecule has 1 atom stereocenters. The summed E-state index contributed by atoms with van der Waals surface area (Å²) in [5, 5.41) is 9.31. The molecule has 1 aromatic heterocycles. The molecule has 1 aliphatic rings. The van der Waals surface area contributed by atoms with Gasteiger partial charge in [-0.2, -0.15) is 4.99 Å². The van der Waals surface area contributed by atoms with Crippen molar-refractivity contribution in [3.8, 4) is 5.75 Å². The largest absolute Gasteiger partial charge is 0.497 e. The molecule has 0 amide bonds. The van der Waals surface area contributed by atoms with Gasteiger partial charge in [0.2, 0.25) is 5.88 Å². The molecule has 0 saturated carbocycles. The average Bonchev–Trinajstić information content (AvgIpc) is 3.17. The molecule has 0 spiro atoms. The molecule has 0 saturated heterocycles. The zero-order valence-electron chi connectivity index (χ0n) is 14.5. The highest BCUT2D eigenvalue weighted by atomic mass is 16.5. The van der Waals surface area contributed by atoms with Gasteiger partial charge < -0.3 is 24.9 Å². The first kappa shape index (κ1) is 16.9. The van der Waals surface area contributed by atoms with E-state index >= 15 is 0 Å². The van der Waals surface area contributed by atoms with E-state index < -0.39 is 12.1 Å². The molecule has 1 aliphatic heterocycles. The van der Waals surface area contributed by atoms with Crippen LogP contribution in [-0.4, -0.2) is 24.0 Å². The highest BCUT2D eigenvalue weighted by molar-refractivity contribution is 6.13. The summed E-state index contributed by atoms with van der Waals surface area (Å²) in [4.78, 5) is 17.8. The third-order valence-electron chi connectivity index (χ3n) is 4.42. The number of furan rings is 1. The predicted molar refractivity (Wildman–Crippen MR) is 101 cm³/mol. The van der Waals surface area contributed by atoms with Gasteiger partial charge in [-0.15, -0.1) is 0 Å². The van der Waals surface area contributed by atoms with Gasteiger partial charge >= 0.3 is 5.97 Å². The number of hydrogen-bond donors (Lipinski definition) is 2. The lowest BCUT2D eigenvalue weighted by Crippen LogP contribution is -2.42. The number of amidine groups is 1. The van der Waals surface area contributed by atoms with Crippen molar-refractivity contribution in [2.24, 2.45) is 10.7 Å². The van der Waals surface area contributed by atoms with E-state index in [-0.39, 0.29) is 5.56 Å². The number of fused-ring (bicyclic) bond motifs is 1. The van der Waals surface area contributed by atoms with Gasteiger partial charge in [0.15, 0.2) is 0 Å². The van der Waals surface area contributed by atoms with Crippen molar-refractivity contribution < 1.29 is 19.1 Å². The topological polar surface area (TPSA) is 101 Å². The molecule has 2 heterocycles. The first-order chi connectivity index (χ1) is 13.1. The van der Waals surface area contributed by atoms with Crippen LogP contribution < -0.4 is 15.4 Å². The van der Waals surface area contributed by atoms with E-state index in [9.17, 15) is 9.90 Å². The lowest BCUT2D eigenvalue weighted by atomic mass is 10.1. The van der Waals surface area contributed by atoms with Gasteiger partial charge in [0, 0.05) is 11.3 Å². The Morgan fingerprint density at radius 3 is 2.70 bits per heavy atom. The van der Waals surface area contributed by atoms with Crippen LogP contribution in [0.15, 0.2) is 70.3 Å². The number of carboxylic acids is 1. The Morgan fingerprint density at radius 1 is 1.22 bits per heavy atom. The summed E-state index contributed by atoms with van der Waals surface area (Å²) < 4.78 is 10.7. The van der Waals surface area contributed by atoms with Crippen LogP contribution in [0.1, 0.15) is 27.7 Å². The Hall–Kier alpha value is -3.58. The van der Waals surface area contributed by atoms with E-state index in [4.69, 9.17) is 14.9 Å². The molecule has 1 unspecified atom stereocenters. The van der Waals surface area contributed by atoms with Gasteiger partial charge in [-0.25, -0.2) is 4.79 Å². The third kappa shape index (κ3) is 2.94. The zero-order valence-corrected chi connectivity index (χ0v) is 14.5. The van der Waals surface area contributed by atoms with Crippen LogP contribution in [-0.2, 0) is 0 Å². The molecule has 2 aromatic carbocycles. The second-order valence-corrected chi connectivity index (χ2v) is 6.02. The predicted octanol–water partition coefficient (Wildman–Crippen LogP) is 3.54. The van der Waals surface area contributed by atoms with Crippen molar-refractivity contribution in [3.63, 3.8) is 0 Å². The molecule has 0 fully saturated rings. The van der Waals surface area contributed by atoms with Crippen LogP contribution >= 0.6 is 0 Å². The lowest BCUT2D eigenvalue weighted by Gasteiger charge is -2.34. The SMILES string of the molecule is COc1ccc(N2C(c3cccc(C(=O)O)c3)=Nc3occc3C2N)cc1. The minimum absolute atomic E-state index is 0.170. The Labute approximate surface area is 155 Å². The van der Waals surface area contributed by atoms with Gasteiger partial charge in [0.25, 0.3) is 0 Å². The van der Waals surface area contributed by atoms with Crippen molar-refractivity contribution in [2.45, 2.75) is 6.17 Å². The minimum atomic E-state index is -1.01. The molecule has 3 N–H and O–H groups in total. The number of aromatic carboxylic acids is 1. The molecule has 27 heavy (non-hydrogen) atoms. The fourth-order valence-corrected chi connectivity index (χ4v) is 3.07. The molecule has 136 valence electrons. The highest BCUT2D eigenvalue weighted by Gasteiger charge is 2.31. The third-order valence-corrected chi connectivity index (χ3v) is 4.42. The van der Waals surface area contributed by atoms with Gasteiger partial charge in [-0.1, -0.05) is 12.1 Å². The van der Waals surface area contributed by atoms with Gasteiger partial charge in [0.05, 0.1) is 24.5 Å². The smallest absolute Gasteiger partial charge is 0.335 e. The number of aliphatic imine (C=N–C) groups is 1. The second-order valence-electron chi connectivity index (χ2n) is 6.02. The summed E-state index contributed by atoms with van der Waals surface area (Å²) >= 11 is 0. The number of rotatable bonds is 4. The average molecular weight is 363 g/mol. The van der Waals surface area contributed by atoms with Crippen LogP contribution in [0.25, 0.3) is 0 Å². The first-order valence-corrected chi connectivity index (χ1v) is 8.27. The van der Waals surface area contributed by atoms with Crippen molar-refractivity contribution >= 4 is 23.4 Å². The normalized spacial score (nSPS) is 15.9. The quantitative estimate of drug-likeness (QED) is 0.735. The fourth-order valence-electron chi connectivity index (χ4n) is 3.07. The molecule has 0 bridgehead atoms. The summed E-state index contributed by atoms with van der Waals surface area (Å²) in [5.74, 6) is 0.646. The molecular weight excluding hydrogens is 346 g/mol.